The van der Waals surface area contributed by atoms with E-state index in [2.05, 4.69) is 5.32 Å². The number of carbonyl (C=O) groups excluding carboxylic acids is 1. The van der Waals surface area contributed by atoms with E-state index in [0.717, 1.165) is 22.2 Å². The molecule has 7 nitrogen and oxygen atoms in total. The number of rotatable bonds is 7. The molecule has 0 bridgehead atoms. The number of carbonyl (C=O) groups is 1. The maximum absolute atomic E-state index is 14.2. The zero-order chi connectivity index (χ0) is 20.3. The predicted molar refractivity (Wildman–Crippen MR) is 102 cm³/mol. The summed E-state index contributed by atoms with van der Waals surface area (Å²) in [5.41, 5.74) is 0.610. The van der Waals surface area contributed by atoms with Crippen LogP contribution in [-0.2, 0) is 21.4 Å². The van der Waals surface area contributed by atoms with Crippen molar-refractivity contribution in [3.8, 4) is 11.5 Å². The summed E-state index contributed by atoms with van der Waals surface area (Å²) in [6.45, 7) is 1.99. The molecule has 1 amide bonds. The van der Waals surface area contributed by atoms with E-state index < -0.39 is 27.8 Å². The number of nitrogens with zero attached hydrogens (tertiary/aromatic N) is 1. The zero-order valence-corrected chi connectivity index (χ0v) is 16.3. The minimum atomic E-state index is -3.89. The molecule has 0 spiro atoms. The molecule has 0 aromatic heterocycles. The number of anilines is 1. The highest BCUT2D eigenvalue weighted by Crippen LogP contribution is 2.32. The number of halogens is 1. The van der Waals surface area contributed by atoms with E-state index >= 15 is 0 Å². The summed E-state index contributed by atoms with van der Waals surface area (Å²) in [5, 5.41) is 2.72. The quantitative estimate of drug-likeness (QED) is 0.761. The van der Waals surface area contributed by atoms with Gasteiger partial charge in [0.25, 0.3) is 0 Å². The summed E-state index contributed by atoms with van der Waals surface area (Å²) in [5.74, 6) is -0.0176. The standard InChI is InChI=1S/C19H21FN2O5S/c1-3-15(22(28(2,24)25)16-7-5-4-6-14(16)20)19(23)21-11-13-8-9-17-18(10-13)27-12-26-17/h4-10,15H,3,11-12H2,1-2H3,(H,21,23)/t15-/m0/s1. The molecule has 0 saturated heterocycles. The Labute approximate surface area is 163 Å². The lowest BCUT2D eigenvalue weighted by Gasteiger charge is -2.30. The van der Waals surface area contributed by atoms with Gasteiger partial charge in [0, 0.05) is 6.54 Å². The summed E-state index contributed by atoms with van der Waals surface area (Å²) in [6.07, 6.45) is 1.13. The Balaban J connectivity index is 1.80. The number of fused-ring (bicyclic) bond motifs is 1. The molecule has 1 atom stereocenters. The maximum atomic E-state index is 14.2. The smallest absolute Gasteiger partial charge is 0.244 e. The summed E-state index contributed by atoms with van der Waals surface area (Å²) in [7, 11) is -3.89. The van der Waals surface area contributed by atoms with Crippen molar-refractivity contribution < 1.29 is 27.1 Å². The fourth-order valence-corrected chi connectivity index (χ4v) is 4.24. The van der Waals surface area contributed by atoms with Crippen LogP contribution in [0.1, 0.15) is 18.9 Å². The molecule has 3 rings (SSSR count). The van der Waals surface area contributed by atoms with Crippen LogP contribution in [-0.4, -0.2) is 33.4 Å². The zero-order valence-electron chi connectivity index (χ0n) is 15.5. The van der Waals surface area contributed by atoms with E-state index in [4.69, 9.17) is 9.47 Å². The van der Waals surface area contributed by atoms with E-state index in [1.54, 1.807) is 25.1 Å². The van der Waals surface area contributed by atoms with Crippen LogP contribution in [0, 0.1) is 5.82 Å². The van der Waals surface area contributed by atoms with Crippen molar-refractivity contribution in [2.24, 2.45) is 0 Å². The average Bonchev–Trinajstić information content (AvgIpc) is 3.12. The molecule has 1 aliphatic rings. The molecule has 150 valence electrons. The first-order valence-electron chi connectivity index (χ1n) is 8.71. The molecule has 0 radical (unpaired) electrons. The van der Waals surface area contributed by atoms with Gasteiger partial charge in [0.1, 0.15) is 11.9 Å². The van der Waals surface area contributed by atoms with Crippen LogP contribution in [0.25, 0.3) is 0 Å². The van der Waals surface area contributed by atoms with Gasteiger partial charge in [-0.3, -0.25) is 9.10 Å². The Morgan fingerprint density at radius 2 is 1.93 bits per heavy atom. The average molecular weight is 408 g/mol. The molecule has 0 unspecified atom stereocenters. The number of ether oxygens (including phenoxy) is 2. The molecule has 0 fully saturated rings. The lowest BCUT2D eigenvalue weighted by atomic mass is 10.1. The van der Waals surface area contributed by atoms with Gasteiger partial charge in [0.15, 0.2) is 11.5 Å². The van der Waals surface area contributed by atoms with Gasteiger partial charge in [-0.1, -0.05) is 25.1 Å². The molecule has 1 N–H and O–H groups in total. The number of hydrogen-bond donors (Lipinski definition) is 1. The Kier molecular flexibility index (Phi) is 5.73. The van der Waals surface area contributed by atoms with Gasteiger partial charge in [-0.25, -0.2) is 12.8 Å². The molecule has 1 heterocycles. The van der Waals surface area contributed by atoms with Gasteiger partial charge in [-0.2, -0.15) is 0 Å². The number of nitrogens with one attached hydrogen (secondary N) is 1. The van der Waals surface area contributed by atoms with Crippen molar-refractivity contribution in [2.45, 2.75) is 25.9 Å². The minimum absolute atomic E-state index is 0.148. The monoisotopic (exact) mass is 408 g/mol. The van der Waals surface area contributed by atoms with Crippen LogP contribution < -0.4 is 19.1 Å². The molecule has 1 aliphatic heterocycles. The lowest BCUT2D eigenvalue weighted by Crippen LogP contribution is -2.49. The van der Waals surface area contributed by atoms with Crippen molar-refractivity contribution in [3.63, 3.8) is 0 Å². The number of amides is 1. The SMILES string of the molecule is CC[C@@H](C(=O)NCc1ccc2c(c1)OCO2)N(c1ccccc1F)S(C)(=O)=O. The highest BCUT2D eigenvalue weighted by atomic mass is 32.2. The van der Waals surface area contributed by atoms with E-state index in [0.29, 0.717) is 11.5 Å². The molecular formula is C19H21FN2O5S. The molecule has 28 heavy (non-hydrogen) atoms. The Bertz CT molecular complexity index is 980. The summed E-state index contributed by atoms with van der Waals surface area (Å²) < 4.78 is 50.3. The number of sulfonamides is 1. The fourth-order valence-electron chi connectivity index (χ4n) is 3.02. The van der Waals surface area contributed by atoms with E-state index in [1.807, 2.05) is 0 Å². The van der Waals surface area contributed by atoms with E-state index in [9.17, 15) is 17.6 Å². The van der Waals surface area contributed by atoms with E-state index in [-0.39, 0.29) is 25.4 Å². The molecule has 2 aromatic rings. The van der Waals surface area contributed by atoms with Crippen LogP contribution in [0.15, 0.2) is 42.5 Å². The van der Waals surface area contributed by atoms with Crippen molar-refractivity contribution in [2.75, 3.05) is 17.4 Å². The molecule has 9 heteroatoms. The van der Waals surface area contributed by atoms with Crippen molar-refractivity contribution >= 4 is 21.6 Å². The second-order valence-corrected chi connectivity index (χ2v) is 8.20. The predicted octanol–water partition coefficient (Wildman–Crippen LogP) is 2.42. The third-order valence-electron chi connectivity index (χ3n) is 4.32. The fraction of sp³-hybridized carbons (Fsp3) is 0.316. The van der Waals surface area contributed by atoms with Crippen molar-refractivity contribution in [1.82, 2.24) is 5.32 Å². The van der Waals surface area contributed by atoms with Crippen molar-refractivity contribution in [1.29, 1.82) is 0 Å². The lowest BCUT2D eigenvalue weighted by molar-refractivity contribution is -0.122. The number of hydrogen-bond acceptors (Lipinski definition) is 5. The Hall–Kier alpha value is -2.81. The molecule has 0 aliphatic carbocycles. The van der Waals surface area contributed by atoms with Gasteiger partial charge in [-0.15, -0.1) is 0 Å². The largest absolute Gasteiger partial charge is 0.454 e. The molecule has 0 saturated carbocycles. The van der Waals surface area contributed by atoms with Gasteiger partial charge in [0.2, 0.25) is 22.7 Å². The third-order valence-corrected chi connectivity index (χ3v) is 5.49. The van der Waals surface area contributed by atoms with E-state index in [1.165, 1.54) is 18.2 Å². The summed E-state index contributed by atoms with van der Waals surface area (Å²) >= 11 is 0. The molecule has 2 aromatic carbocycles. The summed E-state index contributed by atoms with van der Waals surface area (Å²) in [4.78, 5) is 12.8. The van der Waals surface area contributed by atoms with Gasteiger partial charge in [0.05, 0.1) is 11.9 Å². The minimum Gasteiger partial charge on any atom is -0.454 e. The Morgan fingerprint density at radius 3 is 2.61 bits per heavy atom. The van der Waals surface area contributed by atoms with Crippen LogP contribution in [0.5, 0.6) is 11.5 Å². The van der Waals surface area contributed by atoms with Gasteiger partial charge < -0.3 is 14.8 Å². The highest BCUT2D eigenvalue weighted by Gasteiger charge is 2.33. The van der Waals surface area contributed by atoms with Crippen LogP contribution in [0.3, 0.4) is 0 Å². The van der Waals surface area contributed by atoms with Crippen LogP contribution in [0.4, 0.5) is 10.1 Å². The first-order chi connectivity index (χ1) is 13.3. The Morgan fingerprint density at radius 1 is 1.21 bits per heavy atom. The normalized spacial score (nSPS) is 13.8. The topological polar surface area (TPSA) is 84.9 Å². The highest BCUT2D eigenvalue weighted by molar-refractivity contribution is 7.92. The summed E-state index contributed by atoms with van der Waals surface area (Å²) in [6, 6.07) is 9.65. The first-order valence-corrected chi connectivity index (χ1v) is 10.6. The maximum Gasteiger partial charge on any atom is 0.244 e. The molecular weight excluding hydrogens is 387 g/mol. The van der Waals surface area contributed by atoms with Crippen LogP contribution >= 0.6 is 0 Å². The first kappa shape index (κ1) is 19.9. The second kappa shape index (κ2) is 8.05. The van der Waals surface area contributed by atoms with Gasteiger partial charge >= 0.3 is 0 Å². The number of benzene rings is 2. The van der Waals surface area contributed by atoms with Crippen LogP contribution in [0.2, 0.25) is 0 Å². The van der Waals surface area contributed by atoms with Crippen molar-refractivity contribution in [3.05, 3.63) is 53.8 Å². The van der Waals surface area contributed by atoms with Gasteiger partial charge in [-0.05, 0) is 36.2 Å². The third kappa shape index (κ3) is 4.19. The second-order valence-electron chi connectivity index (χ2n) is 6.34. The number of para-hydroxylation sites is 1.